The van der Waals surface area contributed by atoms with Gasteiger partial charge in [0.05, 0.1) is 0 Å². The second-order valence-electron chi connectivity index (χ2n) is 4.42. The first kappa shape index (κ1) is 14.6. The van der Waals surface area contributed by atoms with Crippen molar-refractivity contribution in [2.45, 2.75) is 27.3 Å². The van der Waals surface area contributed by atoms with Crippen LogP contribution in [0.3, 0.4) is 0 Å². The molecule has 4 nitrogen and oxygen atoms in total. The molecule has 1 aromatic rings. The predicted molar refractivity (Wildman–Crippen MR) is 73.0 cm³/mol. The van der Waals surface area contributed by atoms with Gasteiger partial charge in [-0.3, -0.25) is 9.78 Å². The van der Waals surface area contributed by atoms with Gasteiger partial charge in [-0.25, -0.2) is 0 Å². The Balaban J connectivity index is 2.57. The zero-order valence-corrected chi connectivity index (χ0v) is 11.5. The first-order chi connectivity index (χ1) is 8.69. The molecule has 0 bridgehead atoms. The van der Waals surface area contributed by atoms with Crippen LogP contribution < -0.4 is 5.32 Å². The summed E-state index contributed by atoms with van der Waals surface area (Å²) in [5.41, 5.74) is 1.12. The van der Waals surface area contributed by atoms with Crippen molar-refractivity contribution in [3.8, 4) is 0 Å². The molecule has 0 fully saturated rings. The summed E-state index contributed by atoms with van der Waals surface area (Å²) >= 11 is 0. The van der Waals surface area contributed by atoms with Crippen LogP contribution in [-0.4, -0.2) is 35.4 Å². The number of amides is 1. The maximum absolute atomic E-state index is 12.3. The number of aromatic nitrogens is 1. The minimum absolute atomic E-state index is 0.0201. The fourth-order valence-corrected chi connectivity index (χ4v) is 1.81. The molecule has 0 saturated carbocycles. The third-order valence-electron chi connectivity index (χ3n) is 2.94. The number of carbonyl (C=O) groups excluding carboxylic acids is 1. The molecule has 1 atom stereocenters. The number of rotatable bonds is 7. The van der Waals surface area contributed by atoms with Gasteiger partial charge in [-0.1, -0.05) is 13.8 Å². The molecular formula is C14H23N3O. The molecule has 0 radical (unpaired) electrons. The van der Waals surface area contributed by atoms with E-state index in [4.69, 9.17) is 0 Å². The summed E-state index contributed by atoms with van der Waals surface area (Å²) in [6, 6.07) is 3.90. The minimum atomic E-state index is 0.0201. The Morgan fingerprint density at radius 2 is 2.06 bits per heavy atom. The molecule has 1 N–H and O–H groups in total. The van der Waals surface area contributed by atoms with E-state index in [-0.39, 0.29) is 11.8 Å². The normalized spacial score (nSPS) is 12.2. The number of carbonyl (C=O) groups is 1. The Bertz CT molecular complexity index is 353. The fraction of sp³-hybridized carbons (Fsp3) is 0.571. The Labute approximate surface area is 109 Å². The maximum atomic E-state index is 12.3. The fourth-order valence-electron chi connectivity index (χ4n) is 1.81. The molecule has 4 heteroatoms. The molecule has 1 unspecified atom stereocenters. The summed E-state index contributed by atoms with van der Waals surface area (Å²) in [6.07, 6.45) is 3.52. The average molecular weight is 249 g/mol. The SMILES string of the molecule is CCNCC(C)C(=O)N(CC)Cc1ccncc1. The lowest BCUT2D eigenvalue weighted by Crippen LogP contribution is -2.38. The largest absolute Gasteiger partial charge is 0.338 e. The molecule has 1 amide bonds. The van der Waals surface area contributed by atoms with Gasteiger partial charge in [0, 0.05) is 37.9 Å². The Morgan fingerprint density at radius 1 is 1.39 bits per heavy atom. The highest BCUT2D eigenvalue weighted by Crippen LogP contribution is 2.07. The first-order valence-corrected chi connectivity index (χ1v) is 6.57. The van der Waals surface area contributed by atoms with Crippen molar-refractivity contribution in [1.29, 1.82) is 0 Å². The van der Waals surface area contributed by atoms with Crippen LogP contribution in [0.2, 0.25) is 0 Å². The third kappa shape index (κ3) is 4.45. The summed E-state index contributed by atoms with van der Waals surface area (Å²) in [4.78, 5) is 18.1. The summed E-state index contributed by atoms with van der Waals surface area (Å²) in [5, 5.41) is 3.21. The highest BCUT2D eigenvalue weighted by Gasteiger charge is 2.18. The first-order valence-electron chi connectivity index (χ1n) is 6.57. The van der Waals surface area contributed by atoms with Gasteiger partial charge in [-0.05, 0) is 31.2 Å². The second kappa shape index (κ2) is 7.82. The van der Waals surface area contributed by atoms with Crippen molar-refractivity contribution in [1.82, 2.24) is 15.2 Å². The molecule has 0 aliphatic rings. The van der Waals surface area contributed by atoms with Crippen LogP contribution in [0.25, 0.3) is 0 Å². The van der Waals surface area contributed by atoms with Gasteiger partial charge in [0.25, 0.3) is 0 Å². The van der Waals surface area contributed by atoms with Gasteiger partial charge in [0.2, 0.25) is 5.91 Å². The highest BCUT2D eigenvalue weighted by molar-refractivity contribution is 5.78. The predicted octanol–water partition coefficient (Wildman–Crippen LogP) is 1.68. The third-order valence-corrected chi connectivity index (χ3v) is 2.94. The average Bonchev–Trinajstić information content (AvgIpc) is 2.42. The van der Waals surface area contributed by atoms with Crippen molar-refractivity contribution in [2.24, 2.45) is 5.92 Å². The molecule has 0 spiro atoms. The Morgan fingerprint density at radius 3 is 2.61 bits per heavy atom. The number of nitrogens with zero attached hydrogens (tertiary/aromatic N) is 2. The van der Waals surface area contributed by atoms with Crippen LogP contribution in [0.4, 0.5) is 0 Å². The second-order valence-corrected chi connectivity index (χ2v) is 4.42. The summed E-state index contributed by atoms with van der Waals surface area (Å²) in [5.74, 6) is 0.224. The minimum Gasteiger partial charge on any atom is -0.338 e. The Kier molecular flexibility index (Phi) is 6.36. The molecular weight excluding hydrogens is 226 g/mol. The standard InChI is InChI=1S/C14H23N3O/c1-4-15-10-12(3)14(18)17(5-2)11-13-6-8-16-9-7-13/h6-9,12,15H,4-5,10-11H2,1-3H3. The van der Waals surface area contributed by atoms with Gasteiger partial charge in [0.15, 0.2) is 0 Å². The van der Waals surface area contributed by atoms with Gasteiger partial charge in [-0.15, -0.1) is 0 Å². The summed E-state index contributed by atoms with van der Waals surface area (Å²) in [7, 11) is 0. The number of hydrogen-bond donors (Lipinski definition) is 1. The van der Waals surface area contributed by atoms with Crippen LogP contribution >= 0.6 is 0 Å². The molecule has 0 aliphatic carbocycles. The molecule has 0 aliphatic heterocycles. The van der Waals surface area contributed by atoms with Crippen LogP contribution in [0.1, 0.15) is 26.3 Å². The lowest BCUT2D eigenvalue weighted by atomic mass is 10.1. The van der Waals surface area contributed by atoms with E-state index in [1.54, 1.807) is 12.4 Å². The van der Waals surface area contributed by atoms with E-state index >= 15 is 0 Å². The van der Waals surface area contributed by atoms with Crippen LogP contribution in [-0.2, 0) is 11.3 Å². The monoisotopic (exact) mass is 249 g/mol. The lowest BCUT2D eigenvalue weighted by molar-refractivity contribution is -0.135. The maximum Gasteiger partial charge on any atom is 0.226 e. The van der Waals surface area contributed by atoms with Crippen molar-refractivity contribution >= 4 is 5.91 Å². The zero-order chi connectivity index (χ0) is 13.4. The van der Waals surface area contributed by atoms with Gasteiger partial charge >= 0.3 is 0 Å². The van der Waals surface area contributed by atoms with E-state index in [1.807, 2.05) is 37.8 Å². The van der Waals surface area contributed by atoms with Crippen molar-refractivity contribution < 1.29 is 4.79 Å². The Hall–Kier alpha value is -1.42. The highest BCUT2D eigenvalue weighted by atomic mass is 16.2. The lowest BCUT2D eigenvalue weighted by Gasteiger charge is -2.24. The van der Waals surface area contributed by atoms with Gasteiger partial charge < -0.3 is 10.2 Å². The van der Waals surface area contributed by atoms with Crippen molar-refractivity contribution in [3.05, 3.63) is 30.1 Å². The molecule has 1 heterocycles. The van der Waals surface area contributed by atoms with Gasteiger partial charge in [0.1, 0.15) is 0 Å². The van der Waals surface area contributed by atoms with Crippen LogP contribution in [0.15, 0.2) is 24.5 Å². The topological polar surface area (TPSA) is 45.2 Å². The molecule has 1 aromatic heterocycles. The molecule has 18 heavy (non-hydrogen) atoms. The molecule has 0 aromatic carbocycles. The number of hydrogen-bond acceptors (Lipinski definition) is 3. The molecule has 100 valence electrons. The van der Waals surface area contributed by atoms with Crippen molar-refractivity contribution in [3.63, 3.8) is 0 Å². The van der Waals surface area contributed by atoms with E-state index in [9.17, 15) is 4.79 Å². The summed E-state index contributed by atoms with van der Waals surface area (Å²) in [6.45, 7) is 9.06. The zero-order valence-electron chi connectivity index (χ0n) is 11.5. The van der Waals surface area contributed by atoms with E-state index in [1.165, 1.54) is 0 Å². The molecule has 1 rings (SSSR count). The summed E-state index contributed by atoms with van der Waals surface area (Å²) < 4.78 is 0. The van der Waals surface area contributed by atoms with Crippen LogP contribution in [0, 0.1) is 5.92 Å². The van der Waals surface area contributed by atoms with E-state index in [0.29, 0.717) is 6.54 Å². The smallest absolute Gasteiger partial charge is 0.226 e. The number of pyridine rings is 1. The number of nitrogens with one attached hydrogen (secondary N) is 1. The van der Waals surface area contributed by atoms with E-state index < -0.39 is 0 Å². The van der Waals surface area contributed by atoms with Gasteiger partial charge in [-0.2, -0.15) is 0 Å². The quantitative estimate of drug-likeness (QED) is 0.799. The molecule has 0 saturated heterocycles. The van der Waals surface area contributed by atoms with E-state index in [0.717, 1.165) is 25.2 Å². The van der Waals surface area contributed by atoms with E-state index in [2.05, 4.69) is 10.3 Å². The van der Waals surface area contributed by atoms with Crippen molar-refractivity contribution in [2.75, 3.05) is 19.6 Å². The van der Waals surface area contributed by atoms with Crippen LogP contribution in [0.5, 0.6) is 0 Å².